The molecule has 2 aromatic carbocycles. The maximum Gasteiger partial charge on any atom is 0.295 e. The molecular weight excluding hydrogens is 342 g/mol. The molecule has 1 aliphatic heterocycles. The number of oxazole rings is 1. The SMILES string of the molecule is COc1ccccc1C(=O)N1CCCCC1CNc1nc2ccccc2o1. The van der Waals surface area contributed by atoms with Crippen LogP contribution in [0.3, 0.4) is 0 Å². The zero-order chi connectivity index (χ0) is 18.6. The van der Waals surface area contributed by atoms with Gasteiger partial charge in [-0.05, 0) is 43.5 Å². The van der Waals surface area contributed by atoms with Crippen LogP contribution in [0.4, 0.5) is 6.01 Å². The fourth-order valence-corrected chi connectivity index (χ4v) is 3.61. The summed E-state index contributed by atoms with van der Waals surface area (Å²) >= 11 is 0. The van der Waals surface area contributed by atoms with Gasteiger partial charge in [-0.3, -0.25) is 4.79 Å². The number of rotatable bonds is 5. The van der Waals surface area contributed by atoms with Crippen LogP contribution in [0.25, 0.3) is 11.1 Å². The number of amides is 1. The molecule has 4 rings (SSSR count). The summed E-state index contributed by atoms with van der Waals surface area (Å²) in [5, 5.41) is 3.27. The highest BCUT2D eigenvalue weighted by Crippen LogP contribution is 2.25. The van der Waals surface area contributed by atoms with Gasteiger partial charge in [0.05, 0.1) is 12.7 Å². The van der Waals surface area contributed by atoms with E-state index in [-0.39, 0.29) is 11.9 Å². The molecule has 1 atom stereocenters. The number of carbonyl (C=O) groups is 1. The molecule has 1 fully saturated rings. The molecule has 0 spiro atoms. The lowest BCUT2D eigenvalue weighted by atomic mass is 10.0. The van der Waals surface area contributed by atoms with Crippen LogP contribution in [0.2, 0.25) is 0 Å². The van der Waals surface area contributed by atoms with Gasteiger partial charge in [-0.15, -0.1) is 0 Å². The molecule has 0 aliphatic carbocycles. The largest absolute Gasteiger partial charge is 0.496 e. The number of anilines is 1. The summed E-state index contributed by atoms with van der Waals surface area (Å²) in [4.78, 5) is 19.5. The van der Waals surface area contributed by atoms with Crippen LogP contribution in [0.15, 0.2) is 52.9 Å². The first-order chi connectivity index (χ1) is 13.3. The number of hydrogen-bond donors (Lipinski definition) is 1. The van der Waals surface area contributed by atoms with Gasteiger partial charge in [0, 0.05) is 19.1 Å². The number of hydrogen-bond acceptors (Lipinski definition) is 5. The Bertz CT molecular complexity index is 904. The second-order valence-corrected chi connectivity index (χ2v) is 6.72. The Morgan fingerprint density at radius 2 is 2.04 bits per heavy atom. The number of fused-ring (bicyclic) bond motifs is 1. The van der Waals surface area contributed by atoms with Crippen molar-refractivity contribution in [2.75, 3.05) is 25.5 Å². The molecule has 0 radical (unpaired) electrons. The summed E-state index contributed by atoms with van der Waals surface area (Å²) in [6.45, 7) is 1.35. The molecule has 6 nitrogen and oxygen atoms in total. The van der Waals surface area contributed by atoms with Gasteiger partial charge < -0.3 is 19.4 Å². The smallest absolute Gasteiger partial charge is 0.295 e. The first-order valence-corrected chi connectivity index (χ1v) is 9.29. The topological polar surface area (TPSA) is 67.6 Å². The zero-order valence-corrected chi connectivity index (χ0v) is 15.4. The fraction of sp³-hybridized carbons (Fsp3) is 0.333. The van der Waals surface area contributed by atoms with Crippen LogP contribution in [-0.4, -0.2) is 42.0 Å². The third-order valence-corrected chi connectivity index (χ3v) is 5.01. The molecule has 2 heterocycles. The van der Waals surface area contributed by atoms with E-state index in [1.807, 2.05) is 53.4 Å². The molecule has 1 aromatic heterocycles. The average Bonchev–Trinajstić information content (AvgIpc) is 3.15. The number of aromatic nitrogens is 1. The average molecular weight is 365 g/mol. The predicted octanol–water partition coefficient (Wildman–Crippen LogP) is 3.94. The Morgan fingerprint density at radius 3 is 2.89 bits per heavy atom. The van der Waals surface area contributed by atoms with Gasteiger partial charge in [0.1, 0.15) is 11.3 Å². The lowest BCUT2D eigenvalue weighted by Crippen LogP contribution is -2.47. The second kappa shape index (κ2) is 7.70. The molecule has 1 unspecified atom stereocenters. The summed E-state index contributed by atoms with van der Waals surface area (Å²) in [7, 11) is 1.59. The second-order valence-electron chi connectivity index (χ2n) is 6.72. The van der Waals surface area contributed by atoms with Gasteiger partial charge in [0.15, 0.2) is 5.58 Å². The normalized spacial score (nSPS) is 17.1. The van der Waals surface area contributed by atoms with E-state index >= 15 is 0 Å². The van der Waals surface area contributed by atoms with Crippen molar-refractivity contribution >= 4 is 23.0 Å². The molecule has 3 aromatic rings. The number of para-hydroxylation sites is 3. The Balaban J connectivity index is 1.49. The Hall–Kier alpha value is -3.02. The van der Waals surface area contributed by atoms with E-state index in [1.165, 1.54) is 0 Å². The van der Waals surface area contributed by atoms with E-state index in [0.29, 0.717) is 23.9 Å². The van der Waals surface area contributed by atoms with Crippen LogP contribution < -0.4 is 10.1 Å². The Morgan fingerprint density at radius 1 is 1.22 bits per heavy atom. The van der Waals surface area contributed by atoms with Gasteiger partial charge in [-0.2, -0.15) is 4.98 Å². The predicted molar refractivity (Wildman–Crippen MR) is 104 cm³/mol. The highest BCUT2D eigenvalue weighted by Gasteiger charge is 2.29. The third kappa shape index (κ3) is 3.60. The molecule has 6 heteroatoms. The monoisotopic (exact) mass is 365 g/mol. The van der Waals surface area contributed by atoms with Crippen molar-refractivity contribution in [3.63, 3.8) is 0 Å². The van der Waals surface area contributed by atoms with E-state index in [1.54, 1.807) is 7.11 Å². The Labute approximate surface area is 158 Å². The van der Waals surface area contributed by atoms with E-state index < -0.39 is 0 Å². The van der Waals surface area contributed by atoms with E-state index in [4.69, 9.17) is 9.15 Å². The van der Waals surface area contributed by atoms with Crippen molar-refractivity contribution in [3.05, 3.63) is 54.1 Å². The first kappa shape index (κ1) is 17.4. The standard InChI is InChI=1S/C21H23N3O3/c1-26-18-11-4-2-9-16(18)20(25)24-13-7-6-8-15(24)14-22-21-23-17-10-3-5-12-19(17)27-21/h2-5,9-12,15H,6-8,13-14H2,1H3,(H,22,23). The van der Waals surface area contributed by atoms with Gasteiger partial charge in [0.25, 0.3) is 11.9 Å². The van der Waals surface area contributed by atoms with Gasteiger partial charge in [-0.25, -0.2) is 0 Å². The summed E-state index contributed by atoms with van der Waals surface area (Å²) in [6.07, 6.45) is 3.07. The molecule has 0 saturated carbocycles. The molecular formula is C21H23N3O3. The molecule has 1 N–H and O–H groups in total. The minimum atomic E-state index is 0.0107. The van der Waals surface area contributed by atoms with Gasteiger partial charge >= 0.3 is 0 Å². The van der Waals surface area contributed by atoms with E-state index in [9.17, 15) is 4.79 Å². The van der Waals surface area contributed by atoms with Crippen molar-refractivity contribution < 1.29 is 13.9 Å². The number of carbonyl (C=O) groups excluding carboxylic acids is 1. The van der Waals surface area contributed by atoms with E-state index in [0.717, 1.165) is 36.9 Å². The summed E-state index contributed by atoms with van der Waals surface area (Å²) in [6, 6.07) is 15.6. The molecule has 1 aliphatic rings. The van der Waals surface area contributed by atoms with Crippen molar-refractivity contribution in [2.24, 2.45) is 0 Å². The van der Waals surface area contributed by atoms with Crippen molar-refractivity contribution in [3.8, 4) is 5.75 Å². The van der Waals surface area contributed by atoms with Crippen molar-refractivity contribution in [1.82, 2.24) is 9.88 Å². The number of methoxy groups -OCH3 is 1. The molecule has 1 amide bonds. The molecule has 140 valence electrons. The molecule has 0 bridgehead atoms. The fourth-order valence-electron chi connectivity index (χ4n) is 3.61. The lowest BCUT2D eigenvalue weighted by molar-refractivity contribution is 0.0624. The van der Waals surface area contributed by atoms with Crippen LogP contribution in [0, 0.1) is 0 Å². The van der Waals surface area contributed by atoms with Crippen LogP contribution in [-0.2, 0) is 0 Å². The number of ether oxygens (including phenoxy) is 1. The number of piperidine rings is 1. The molecule has 27 heavy (non-hydrogen) atoms. The number of benzene rings is 2. The quantitative estimate of drug-likeness (QED) is 0.742. The maximum atomic E-state index is 13.1. The molecule has 1 saturated heterocycles. The van der Waals surface area contributed by atoms with Gasteiger partial charge in [-0.1, -0.05) is 24.3 Å². The highest BCUT2D eigenvalue weighted by atomic mass is 16.5. The van der Waals surface area contributed by atoms with Crippen molar-refractivity contribution in [1.29, 1.82) is 0 Å². The number of nitrogens with zero attached hydrogens (tertiary/aromatic N) is 2. The lowest BCUT2D eigenvalue weighted by Gasteiger charge is -2.36. The number of nitrogens with one attached hydrogen (secondary N) is 1. The van der Waals surface area contributed by atoms with E-state index in [2.05, 4.69) is 10.3 Å². The summed E-state index contributed by atoms with van der Waals surface area (Å²) in [5.41, 5.74) is 2.19. The Kier molecular flexibility index (Phi) is 4.96. The summed E-state index contributed by atoms with van der Waals surface area (Å²) < 4.78 is 11.1. The third-order valence-electron chi connectivity index (χ3n) is 5.01. The minimum Gasteiger partial charge on any atom is -0.496 e. The first-order valence-electron chi connectivity index (χ1n) is 9.29. The van der Waals surface area contributed by atoms with Gasteiger partial charge in [0.2, 0.25) is 0 Å². The maximum absolute atomic E-state index is 13.1. The highest BCUT2D eigenvalue weighted by molar-refractivity contribution is 5.97. The van der Waals surface area contributed by atoms with Crippen LogP contribution in [0.5, 0.6) is 5.75 Å². The zero-order valence-electron chi connectivity index (χ0n) is 15.4. The number of likely N-dealkylation sites (tertiary alicyclic amines) is 1. The van der Waals surface area contributed by atoms with Crippen molar-refractivity contribution in [2.45, 2.75) is 25.3 Å². The van der Waals surface area contributed by atoms with Crippen LogP contribution in [0.1, 0.15) is 29.6 Å². The summed E-state index contributed by atoms with van der Waals surface area (Å²) in [5.74, 6) is 0.621. The van der Waals surface area contributed by atoms with Crippen LogP contribution >= 0.6 is 0 Å². The minimum absolute atomic E-state index is 0.0107.